The molecule has 2 aromatic rings. The molecular formula is C14H18ClNO3S. The van der Waals surface area contributed by atoms with Crippen molar-refractivity contribution >= 4 is 32.4 Å². The van der Waals surface area contributed by atoms with E-state index in [2.05, 4.69) is 5.32 Å². The summed E-state index contributed by atoms with van der Waals surface area (Å²) in [7, 11) is -2.94. The maximum absolute atomic E-state index is 11.4. The zero-order valence-electron chi connectivity index (χ0n) is 11.5. The van der Waals surface area contributed by atoms with E-state index in [4.69, 9.17) is 16.0 Å². The molecule has 0 radical (unpaired) electrons. The highest BCUT2D eigenvalue weighted by Crippen LogP contribution is 2.26. The van der Waals surface area contributed by atoms with Crippen LogP contribution in [0.4, 0.5) is 0 Å². The van der Waals surface area contributed by atoms with E-state index >= 15 is 0 Å². The van der Waals surface area contributed by atoms with Gasteiger partial charge in [-0.1, -0.05) is 18.5 Å². The standard InChI is InChI=1S/C14H18ClNO3S/c1-3-20(17,18)7-6-16-10(2)14-9-11-8-12(15)4-5-13(11)19-14/h4-5,8-10,16H,3,6-7H2,1-2H3/t10-/m0/s1. The first kappa shape index (κ1) is 15.4. The van der Waals surface area contributed by atoms with E-state index in [9.17, 15) is 8.42 Å². The number of benzene rings is 1. The minimum absolute atomic E-state index is 0.0479. The van der Waals surface area contributed by atoms with Crippen LogP contribution in [0.1, 0.15) is 25.6 Å². The minimum Gasteiger partial charge on any atom is -0.459 e. The number of furan rings is 1. The third-order valence-corrected chi connectivity index (χ3v) is 5.17. The van der Waals surface area contributed by atoms with Gasteiger partial charge in [-0.2, -0.15) is 0 Å². The van der Waals surface area contributed by atoms with Crippen LogP contribution in [0.2, 0.25) is 5.02 Å². The highest BCUT2D eigenvalue weighted by Gasteiger charge is 2.13. The minimum atomic E-state index is -2.94. The van der Waals surface area contributed by atoms with E-state index in [-0.39, 0.29) is 17.5 Å². The smallest absolute Gasteiger partial charge is 0.151 e. The van der Waals surface area contributed by atoms with Crippen molar-refractivity contribution in [3.63, 3.8) is 0 Å². The Balaban J connectivity index is 2.02. The van der Waals surface area contributed by atoms with Gasteiger partial charge in [0.25, 0.3) is 0 Å². The first-order chi connectivity index (χ1) is 9.41. The molecule has 0 saturated carbocycles. The molecule has 110 valence electrons. The summed E-state index contributed by atoms with van der Waals surface area (Å²) >= 11 is 5.93. The van der Waals surface area contributed by atoms with Crippen molar-refractivity contribution in [1.29, 1.82) is 0 Å². The lowest BCUT2D eigenvalue weighted by atomic mass is 10.2. The van der Waals surface area contributed by atoms with E-state index < -0.39 is 9.84 Å². The molecule has 6 heteroatoms. The molecule has 1 heterocycles. The number of halogens is 1. The van der Waals surface area contributed by atoms with Gasteiger partial charge in [0.15, 0.2) is 9.84 Å². The Morgan fingerprint density at radius 2 is 2.10 bits per heavy atom. The van der Waals surface area contributed by atoms with Crippen LogP contribution in [0.3, 0.4) is 0 Å². The predicted octanol–water partition coefficient (Wildman–Crippen LogP) is 3.17. The van der Waals surface area contributed by atoms with Gasteiger partial charge in [0.05, 0.1) is 11.8 Å². The van der Waals surface area contributed by atoms with Crippen LogP contribution in [0.5, 0.6) is 0 Å². The van der Waals surface area contributed by atoms with Gasteiger partial charge in [0, 0.05) is 22.7 Å². The molecule has 2 rings (SSSR count). The molecule has 0 spiro atoms. The molecule has 0 fully saturated rings. The molecule has 0 aliphatic rings. The van der Waals surface area contributed by atoms with Gasteiger partial charge in [-0.15, -0.1) is 0 Å². The first-order valence-electron chi connectivity index (χ1n) is 6.54. The quantitative estimate of drug-likeness (QED) is 0.889. The summed E-state index contributed by atoms with van der Waals surface area (Å²) in [6, 6.07) is 7.33. The van der Waals surface area contributed by atoms with Gasteiger partial charge in [-0.3, -0.25) is 0 Å². The second-order valence-electron chi connectivity index (χ2n) is 4.74. The van der Waals surface area contributed by atoms with E-state index in [1.807, 2.05) is 25.1 Å². The second-order valence-corrected chi connectivity index (χ2v) is 7.65. The van der Waals surface area contributed by atoms with Crippen LogP contribution in [-0.4, -0.2) is 26.5 Å². The molecule has 1 atom stereocenters. The Kier molecular flexibility index (Phi) is 4.73. The molecule has 20 heavy (non-hydrogen) atoms. The number of hydrogen-bond acceptors (Lipinski definition) is 4. The molecule has 0 bridgehead atoms. The van der Waals surface area contributed by atoms with Gasteiger partial charge in [-0.25, -0.2) is 8.42 Å². The average molecular weight is 316 g/mol. The fraction of sp³-hybridized carbons (Fsp3) is 0.429. The lowest BCUT2D eigenvalue weighted by Crippen LogP contribution is -2.26. The summed E-state index contributed by atoms with van der Waals surface area (Å²) in [5, 5.41) is 4.77. The summed E-state index contributed by atoms with van der Waals surface area (Å²) in [4.78, 5) is 0. The van der Waals surface area contributed by atoms with Gasteiger partial charge >= 0.3 is 0 Å². The Bertz CT molecular complexity index is 694. The Morgan fingerprint density at radius 1 is 1.35 bits per heavy atom. The van der Waals surface area contributed by atoms with Crippen LogP contribution in [0.25, 0.3) is 11.0 Å². The van der Waals surface area contributed by atoms with Gasteiger partial charge in [0.1, 0.15) is 11.3 Å². The van der Waals surface area contributed by atoms with Crippen molar-refractivity contribution < 1.29 is 12.8 Å². The molecular weight excluding hydrogens is 298 g/mol. The number of hydrogen-bond donors (Lipinski definition) is 1. The maximum Gasteiger partial charge on any atom is 0.151 e. The van der Waals surface area contributed by atoms with Crippen molar-refractivity contribution in [2.45, 2.75) is 19.9 Å². The van der Waals surface area contributed by atoms with Crippen molar-refractivity contribution in [1.82, 2.24) is 5.32 Å². The summed E-state index contributed by atoms with van der Waals surface area (Å²) in [5.41, 5.74) is 0.777. The molecule has 1 N–H and O–H groups in total. The van der Waals surface area contributed by atoms with E-state index in [1.54, 1.807) is 13.0 Å². The van der Waals surface area contributed by atoms with Gasteiger partial charge < -0.3 is 9.73 Å². The molecule has 0 unspecified atom stereocenters. The topological polar surface area (TPSA) is 59.3 Å². The lowest BCUT2D eigenvalue weighted by Gasteiger charge is -2.10. The van der Waals surface area contributed by atoms with Gasteiger partial charge in [-0.05, 0) is 31.2 Å². The Hall–Kier alpha value is -1.04. The molecule has 0 aliphatic heterocycles. The summed E-state index contributed by atoms with van der Waals surface area (Å²) < 4.78 is 28.6. The van der Waals surface area contributed by atoms with Crippen molar-refractivity contribution in [3.8, 4) is 0 Å². The fourth-order valence-corrected chi connectivity index (χ4v) is 2.82. The molecule has 1 aromatic heterocycles. The average Bonchev–Trinajstić information content (AvgIpc) is 2.81. The van der Waals surface area contributed by atoms with Gasteiger partial charge in [0.2, 0.25) is 0 Å². The number of nitrogens with one attached hydrogen (secondary N) is 1. The summed E-state index contributed by atoms with van der Waals surface area (Å²) in [5.74, 6) is 1.09. The molecule has 4 nitrogen and oxygen atoms in total. The van der Waals surface area contributed by atoms with E-state index in [1.165, 1.54) is 0 Å². The predicted molar refractivity (Wildman–Crippen MR) is 82.0 cm³/mol. The normalized spacial score (nSPS) is 13.8. The summed E-state index contributed by atoms with van der Waals surface area (Å²) in [6.07, 6.45) is 0. The largest absolute Gasteiger partial charge is 0.459 e. The maximum atomic E-state index is 11.4. The molecule has 1 aromatic carbocycles. The van der Waals surface area contributed by atoms with Crippen molar-refractivity contribution in [2.24, 2.45) is 0 Å². The number of rotatable bonds is 6. The number of fused-ring (bicyclic) bond motifs is 1. The van der Waals surface area contributed by atoms with Crippen LogP contribution >= 0.6 is 11.6 Å². The van der Waals surface area contributed by atoms with E-state index in [0.29, 0.717) is 11.6 Å². The third kappa shape index (κ3) is 3.75. The molecule has 0 saturated heterocycles. The zero-order valence-corrected chi connectivity index (χ0v) is 13.1. The fourth-order valence-electron chi connectivity index (χ4n) is 1.92. The highest BCUT2D eigenvalue weighted by molar-refractivity contribution is 7.91. The van der Waals surface area contributed by atoms with Crippen LogP contribution in [0, 0.1) is 0 Å². The number of sulfone groups is 1. The monoisotopic (exact) mass is 315 g/mol. The Morgan fingerprint density at radius 3 is 2.80 bits per heavy atom. The molecule has 0 amide bonds. The van der Waals surface area contributed by atoms with E-state index in [0.717, 1.165) is 16.7 Å². The molecule has 0 aliphatic carbocycles. The Labute approximate surface area is 124 Å². The van der Waals surface area contributed by atoms with Crippen molar-refractivity contribution in [3.05, 3.63) is 35.0 Å². The van der Waals surface area contributed by atoms with Crippen molar-refractivity contribution in [2.75, 3.05) is 18.1 Å². The highest BCUT2D eigenvalue weighted by atomic mass is 35.5. The first-order valence-corrected chi connectivity index (χ1v) is 8.74. The summed E-state index contributed by atoms with van der Waals surface area (Å²) in [6.45, 7) is 4.01. The zero-order chi connectivity index (χ0) is 14.8. The van der Waals surface area contributed by atoms with Crippen LogP contribution in [-0.2, 0) is 9.84 Å². The second kappa shape index (κ2) is 6.16. The SMILES string of the molecule is CCS(=O)(=O)CCN[C@@H](C)c1cc2cc(Cl)ccc2o1. The van der Waals surface area contributed by atoms with Crippen LogP contribution < -0.4 is 5.32 Å². The third-order valence-electron chi connectivity index (χ3n) is 3.23. The van der Waals surface area contributed by atoms with Crippen LogP contribution in [0.15, 0.2) is 28.7 Å². The lowest BCUT2D eigenvalue weighted by molar-refractivity contribution is 0.459.